The average Bonchev–Trinajstić information content (AvgIpc) is 3.40. The van der Waals surface area contributed by atoms with Gasteiger partial charge in [-0.3, -0.25) is 9.89 Å². The molecule has 6 nitrogen and oxygen atoms in total. The quantitative estimate of drug-likeness (QED) is 0.563. The highest BCUT2D eigenvalue weighted by atomic mass is 19.1. The number of hydrogen-bond acceptors (Lipinski definition) is 4. The summed E-state index contributed by atoms with van der Waals surface area (Å²) in [5, 5.41) is 18.8. The molecular weight excluding hydrogens is 429 g/mol. The van der Waals surface area contributed by atoms with Crippen molar-refractivity contribution in [3.63, 3.8) is 0 Å². The summed E-state index contributed by atoms with van der Waals surface area (Å²) in [7, 11) is 0. The van der Waals surface area contributed by atoms with Crippen molar-refractivity contribution in [1.82, 2.24) is 20.4 Å². The zero-order valence-corrected chi connectivity index (χ0v) is 19.6. The topological polar surface area (TPSA) is 83.6 Å². The molecule has 0 saturated heterocycles. The molecule has 1 amide bonds. The predicted molar refractivity (Wildman–Crippen MR) is 127 cm³/mol. The van der Waals surface area contributed by atoms with E-state index in [1.165, 1.54) is 22.4 Å². The van der Waals surface area contributed by atoms with Crippen molar-refractivity contribution in [2.45, 2.75) is 69.6 Å². The fourth-order valence-corrected chi connectivity index (χ4v) is 7.34. The van der Waals surface area contributed by atoms with Gasteiger partial charge in [-0.05, 0) is 104 Å². The van der Waals surface area contributed by atoms with Crippen molar-refractivity contribution in [1.29, 1.82) is 0 Å². The van der Waals surface area contributed by atoms with E-state index in [4.69, 9.17) is 5.10 Å². The summed E-state index contributed by atoms with van der Waals surface area (Å²) in [6, 6.07) is 9.00. The minimum Gasteiger partial charge on any atom is -0.309 e. The predicted octanol–water partition coefficient (Wildman–Crippen LogP) is 5.18. The van der Waals surface area contributed by atoms with Gasteiger partial charge < -0.3 is 5.32 Å². The number of nitrogens with zero attached hydrogens (tertiary/aromatic N) is 3. The van der Waals surface area contributed by atoms with Crippen LogP contribution in [0.2, 0.25) is 0 Å². The lowest BCUT2D eigenvalue weighted by Gasteiger charge is -2.50. The number of aryl methyl sites for hydroxylation is 2. The Morgan fingerprint density at radius 1 is 1.21 bits per heavy atom. The van der Waals surface area contributed by atoms with Crippen LogP contribution in [0, 0.1) is 24.6 Å². The van der Waals surface area contributed by atoms with Crippen LogP contribution < -0.4 is 5.32 Å². The second-order valence-corrected chi connectivity index (χ2v) is 10.6. The Morgan fingerprint density at radius 3 is 2.91 bits per heavy atom. The van der Waals surface area contributed by atoms with Gasteiger partial charge in [0.15, 0.2) is 5.82 Å². The summed E-state index contributed by atoms with van der Waals surface area (Å²) < 4.78 is 13.9. The van der Waals surface area contributed by atoms with Gasteiger partial charge in [-0.1, -0.05) is 13.0 Å². The Kier molecular flexibility index (Phi) is 5.04. The molecule has 0 radical (unpaired) electrons. The van der Waals surface area contributed by atoms with Crippen LogP contribution in [0.3, 0.4) is 0 Å². The molecule has 7 heteroatoms. The summed E-state index contributed by atoms with van der Waals surface area (Å²) >= 11 is 0. The first-order valence-electron chi connectivity index (χ1n) is 12.4. The molecule has 3 unspecified atom stereocenters. The zero-order valence-electron chi connectivity index (χ0n) is 19.6. The average molecular weight is 460 g/mol. The van der Waals surface area contributed by atoms with E-state index in [9.17, 15) is 9.18 Å². The van der Waals surface area contributed by atoms with Crippen molar-refractivity contribution >= 4 is 11.7 Å². The summed E-state index contributed by atoms with van der Waals surface area (Å²) in [5.41, 5.74) is 5.81. The van der Waals surface area contributed by atoms with Crippen molar-refractivity contribution in [2.24, 2.45) is 11.8 Å². The largest absolute Gasteiger partial charge is 0.309 e. The maximum absolute atomic E-state index is 13.9. The number of H-pyrrole nitrogens is 1. The number of rotatable bonds is 4. The van der Waals surface area contributed by atoms with E-state index < -0.39 is 0 Å². The molecule has 34 heavy (non-hydrogen) atoms. The third-order valence-corrected chi connectivity index (χ3v) is 8.73. The maximum atomic E-state index is 13.9. The molecule has 1 fully saturated rings. The molecule has 5 atom stereocenters. The molecule has 2 N–H and O–H groups in total. The van der Waals surface area contributed by atoms with Gasteiger partial charge in [0.2, 0.25) is 5.91 Å². The van der Waals surface area contributed by atoms with E-state index in [-0.39, 0.29) is 23.1 Å². The molecule has 6 rings (SSSR count). The summed E-state index contributed by atoms with van der Waals surface area (Å²) in [5.74, 6) is 2.00. The zero-order chi connectivity index (χ0) is 23.4. The van der Waals surface area contributed by atoms with Crippen molar-refractivity contribution in [2.75, 3.05) is 5.32 Å². The number of carbonyl (C=O) groups is 1. The second-order valence-electron chi connectivity index (χ2n) is 10.6. The SMILES string of the molecule is Cc1ccc(NC(=O)CC[C@@H]2c3c[nH]nc3[C@@]3(C)CCC4c5ccc(F)cc5CCC4C23)nn1. The first-order chi connectivity index (χ1) is 16.4. The van der Waals surface area contributed by atoms with Crippen LogP contribution in [0.25, 0.3) is 0 Å². The van der Waals surface area contributed by atoms with Crippen molar-refractivity contribution in [3.05, 3.63) is 70.4 Å². The number of benzene rings is 1. The van der Waals surface area contributed by atoms with E-state index in [1.807, 2.05) is 25.3 Å². The van der Waals surface area contributed by atoms with Gasteiger partial charge in [-0.15, -0.1) is 5.10 Å². The van der Waals surface area contributed by atoms with Gasteiger partial charge in [0.1, 0.15) is 5.82 Å². The highest BCUT2D eigenvalue weighted by Crippen LogP contribution is 2.64. The van der Waals surface area contributed by atoms with E-state index in [0.29, 0.717) is 30.0 Å². The van der Waals surface area contributed by atoms with E-state index in [2.05, 4.69) is 27.5 Å². The molecule has 0 bridgehead atoms. The fourth-order valence-electron chi connectivity index (χ4n) is 7.34. The van der Waals surface area contributed by atoms with Crippen LogP contribution >= 0.6 is 0 Å². The summed E-state index contributed by atoms with van der Waals surface area (Å²) in [4.78, 5) is 12.8. The van der Waals surface area contributed by atoms with Crippen molar-refractivity contribution in [3.8, 4) is 0 Å². The third kappa shape index (κ3) is 3.36. The Bertz CT molecular complexity index is 1240. The molecule has 1 aromatic carbocycles. The standard InChI is InChI=1S/C27H30FN5O/c1-15-3-9-23(32-31-15)30-24(34)10-8-21-22-14-29-33-26(22)27(2)12-11-19-18-7-5-17(28)13-16(18)4-6-20(19)25(21)27/h3,5,7,9,13-14,19-21,25H,4,6,8,10-12H2,1-2H3,(H,29,33)(H,30,32,34)/t19?,20?,21-,25?,27+/m1/s1. The fraction of sp³-hybridized carbons (Fsp3) is 0.481. The second kappa shape index (κ2) is 8.00. The summed E-state index contributed by atoms with van der Waals surface area (Å²) in [6.45, 7) is 4.24. The number of amides is 1. The minimum absolute atomic E-state index is 0.0115. The number of hydrogen-bond donors (Lipinski definition) is 2. The Balaban J connectivity index is 1.26. The highest BCUT2D eigenvalue weighted by Gasteiger charge is 2.58. The molecule has 0 aliphatic heterocycles. The minimum atomic E-state index is -0.138. The lowest BCUT2D eigenvalue weighted by atomic mass is 9.53. The van der Waals surface area contributed by atoms with Gasteiger partial charge in [0.25, 0.3) is 0 Å². The van der Waals surface area contributed by atoms with E-state index in [1.54, 1.807) is 18.2 Å². The molecule has 3 aliphatic carbocycles. The molecule has 1 saturated carbocycles. The number of aromatic amines is 1. The van der Waals surface area contributed by atoms with Gasteiger partial charge in [-0.2, -0.15) is 10.2 Å². The molecule has 176 valence electrons. The lowest BCUT2D eigenvalue weighted by Crippen LogP contribution is -2.44. The third-order valence-electron chi connectivity index (χ3n) is 8.73. The van der Waals surface area contributed by atoms with Gasteiger partial charge in [-0.25, -0.2) is 4.39 Å². The van der Waals surface area contributed by atoms with Gasteiger partial charge >= 0.3 is 0 Å². The Labute approximate surface area is 198 Å². The Hall–Kier alpha value is -3.09. The molecule has 0 spiro atoms. The maximum Gasteiger partial charge on any atom is 0.225 e. The number of anilines is 1. The van der Waals surface area contributed by atoms with Crippen LogP contribution in [-0.4, -0.2) is 26.3 Å². The number of halogens is 1. The van der Waals surface area contributed by atoms with Gasteiger partial charge in [0.05, 0.1) is 11.4 Å². The number of aromatic nitrogens is 4. The molecule has 3 aromatic rings. The van der Waals surface area contributed by atoms with Crippen LogP contribution in [0.15, 0.2) is 36.5 Å². The smallest absolute Gasteiger partial charge is 0.225 e. The van der Waals surface area contributed by atoms with Gasteiger partial charge in [0, 0.05) is 18.0 Å². The molecule has 3 aliphatic rings. The number of carbonyl (C=O) groups excluding carboxylic acids is 1. The normalized spacial score (nSPS) is 29.0. The van der Waals surface area contributed by atoms with Crippen LogP contribution in [0.5, 0.6) is 0 Å². The number of nitrogens with one attached hydrogen (secondary N) is 2. The Morgan fingerprint density at radius 2 is 2.09 bits per heavy atom. The van der Waals surface area contributed by atoms with Crippen LogP contribution in [0.4, 0.5) is 10.2 Å². The molecule has 2 heterocycles. The first-order valence-corrected chi connectivity index (χ1v) is 12.4. The summed E-state index contributed by atoms with van der Waals surface area (Å²) in [6.07, 6.45) is 7.40. The monoisotopic (exact) mass is 459 g/mol. The molecular formula is C27H30FN5O. The highest BCUT2D eigenvalue weighted by molar-refractivity contribution is 5.89. The lowest BCUT2D eigenvalue weighted by molar-refractivity contribution is -0.116. The van der Waals surface area contributed by atoms with E-state index >= 15 is 0 Å². The van der Waals surface area contributed by atoms with Crippen LogP contribution in [0.1, 0.15) is 78.9 Å². The number of fused-ring (bicyclic) bond motifs is 7. The van der Waals surface area contributed by atoms with E-state index in [0.717, 1.165) is 37.8 Å². The first kappa shape index (κ1) is 21.4. The molecule has 2 aromatic heterocycles. The van der Waals surface area contributed by atoms with Crippen LogP contribution in [-0.2, 0) is 16.6 Å². The van der Waals surface area contributed by atoms with Crippen molar-refractivity contribution < 1.29 is 9.18 Å².